The number of unbranched alkanes of at least 4 members (excludes halogenated alkanes) is 4. The van der Waals surface area contributed by atoms with E-state index in [1.54, 1.807) is 20.8 Å². The molecule has 0 aromatic rings. The molecule has 3 N–H and O–H groups in total. The number of amides is 3. The van der Waals surface area contributed by atoms with Crippen molar-refractivity contribution in [2.45, 2.75) is 175 Å². The maximum absolute atomic E-state index is 13.8. The zero-order valence-corrected chi connectivity index (χ0v) is 37.8. The summed E-state index contributed by atoms with van der Waals surface area (Å²) in [7, 11) is 0. The molecular weight excluding hydrogens is 798 g/mol. The van der Waals surface area contributed by atoms with Crippen LogP contribution in [0.2, 0.25) is 0 Å². The van der Waals surface area contributed by atoms with Crippen LogP contribution in [0.5, 0.6) is 0 Å². The summed E-state index contributed by atoms with van der Waals surface area (Å²) in [6.07, 6.45) is 5.04. The monoisotopic (exact) mass is 874 g/mol. The number of esters is 5. The largest absolute Gasteiger partial charge is 0.466 e. The first-order chi connectivity index (χ1) is 29.1. The van der Waals surface area contributed by atoms with Crippen LogP contribution in [0.3, 0.4) is 0 Å². The van der Waals surface area contributed by atoms with E-state index in [1.807, 2.05) is 27.7 Å². The van der Waals surface area contributed by atoms with Crippen molar-refractivity contribution >= 4 is 47.6 Å². The second kappa shape index (κ2) is 35.3. The number of hydrogen-bond acceptors (Lipinski definition) is 15. The van der Waals surface area contributed by atoms with Crippen molar-refractivity contribution < 1.29 is 71.5 Å². The normalized spacial score (nSPS) is 12.6. The number of carbonyl (C=O) groups is 8. The van der Waals surface area contributed by atoms with Crippen molar-refractivity contribution in [2.24, 2.45) is 0 Å². The minimum absolute atomic E-state index is 0.0149. The molecule has 0 rings (SSSR count). The van der Waals surface area contributed by atoms with Gasteiger partial charge in [-0.05, 0) is 72.1 Å². The van der Waals surface area contributed by atoms with Crippen molar-refractivity contribution in [1.82, 2.24) is 16.0 Å². The Hall–Kier alpha value is -4.32. The lowest BCUT2D eigenvalue weighted by molar-refractivity contribution is -0.155. The molecule has 3 amide bonds. The fourth-order valence-electron chi connectivity index (χ4n) is 5.08. The first-order valence-electron chi connectivity index (χ1n) is 22.0. The number of ether oxygens (including phenoxy) is 7. The van der Waals surface area contributed by atoms with Crippen LogP contribution in [-0.4, -0.2) is 124 Å². The van der Waals surface area contributed by atoms with Crippen LogP contribution in [0.4, 0.5) is 0 Å². The molecule has 0 aliphatic heterocycles. The topological polar surface area (TPSA) is 237 Å². The SMILES string of the molecule is CCCCOC(=O)CCC(NC(=O)CCC(NC(=O)COCCOCCCC(=O)OC(C)(C)C)C(=O)NC(CCC(=O)OCCCC)C(=O)OCCCC)C(=O)OCCCC. The standard InChI is InChI=1S/C43H75N3O15/c1-8-12-25-57-37(49)22-19-33(41(53)59-27-14-10-3)45-35(47)21-18-32(44-36(48)31-56-30-29-55-24-16-17-39(51)61-43(5,6)7)40(52)46-34(42(54)60-28-15-11-4)20-23-38(50)58-26-13-9-2/h32-34H,8-31H2,1-7H3,(H,44,48)(H,45,47)(H,46,52). The maximum atomic E-state index is 13.8. The van der Waals surface area contributed by atoms with E-state index in [4.69, 9.17) is 33.2 Å². The van der Waals surface area contributed by atoms with Crippen LogP contribution < -0.4 is 16.0 Å². The first kappa shape index (κ1) is 56.7. The van der Waals surface area contributed by atoms with Gasteiger partial charge in [0, 0.05) is 32.3 Å². The molecule has 0 aromatic heterocycles. The van der Waals surface area contributed by atoms with E-state index in [1.165, 1.54) is 0 Å². The van der Waals surface area contributed by atoms with E-state index in [0.29, 0.717) is 32.1 Å². The van der Waals surface area contributed by atoms with Gasteiger partial charge in [0.05, 0.1) is 39.6 Å². The van der Waals surface area contributed by atoms with Gasteiger partial charge in [-0.25, -0.2) is 9.59 Å². The Morgan fingerprint density at radius 2 is 0.885 bits per heavy atom. The van der Waals surface area contributed by atoms with Gasteiger partial charge in [-0.1, -0.05) is 53.4 Å². The average Bonchev–Trinajstić information content (AvgIpc) is 3.20. The maximum Gasteiger partial charge on any atom is 0.328 e. The van der Waals surface area contributed by atoms with E-state index in [-0.39, 0.29) is 97.2 Å². The lowest BCUT2D eigenvalue weighted by atomic mass is 10.1. The lowest BCUT2D eigenvalue weighted by Gasteiger charge is -2.23. The van der Waals surface area contributed by atoms with E-state index >= 15 is 0 Å². The molecule has 0 aromatic carbocycles. The van der Waals surface area contributed by atoms with Crippen LogP contribution in [0.25, 0.3) is 0 Å². The van der Waals surface area contributed by atoms with E-state index in [0.717, 1.165) is 25.7 Å². The molecule has 0 heterocycles. The molecule has 18 heteroatoms. The molecule has 0 spiro atoms. The summed E-state index contributed by atoms with van der Waals surface area (Å²) < 4.78 is 37.2. The third-order valence-corrected chi connectivity index (χ3v) is 8.51. The van der Waals surface area contributed by atoms with Crippen LogP contribution in [-0.2, 0) is 71.5 Å². The molecular formula is C43H75N3O15. The quantitative estimate of drug-likeness (QED) is 0.0452. The Morgan fingerprint density at radius 1 is 0.443 bits per heavy atom. The van der Waals surface area contributed by atoms with Crippen molar-refractivity contribution in [3.8, 4) is 0 Å². The summed E-state index contributed by atoms with van der Waals surface area (Å²) in [6.45, 7) is 13.6. The van der Waals surface area contributed by atoms with Gasteiger partial charge in [0.1, 0.15) is 30.3 Å². The Bertz CT molecular complexity index is 1300. The van der Waals surface area contributed by atoms with Crippen molar-refractivity contribution in [3.63, 3.8) is 0 Å². The van der Waals surface area contributed by atoms with Gasteiger partial charge in [0.25, 0.3) is 0 Å². The zero-order chi connectivity index (χ0) is 45.9. The van der Waals surface area contributed by atoms with Gasteiger partial charge in [-0.15, -0.1) is 0 Å². The number of nitrogens with one attached hydrogen (secondary N) is 3. The highest BCUT2D eigenvalue weighted by Gasteiger charge is 2.30. The highest BCUT2D eigenvalue weighted by Crippen LogP contribution is 2.11. The molecule has 0 aliphatic rings. The predicted octanol–water partition coefficient (Wildman–Crippen LogP) is 4.31. The second-order valence-electron chi connectivity index (χ2n) is 15.5. The van der Waals surface area contributed by atoms with E-state index in [2.05, 4.69) is 16.0 Å². The van der Waals surface area contributed by atoms with Crippen LogP contribution in [0, 0.1) is 0 Å². The lowest BCUT2D eigenvalue weighted by Crippen LogP contribution is -2.53. The summed E-state index contributed by atoms with van der Waals surface area (Å²) in [5, 5.41) is 7.69. The van der Waals surface area contributed by atoms with Crippen molar-refractivity contribution in [3.05, 3.63) is 0 Å². The molecule has 0 radical (unpaired) electrons. The Morgan fingerprint density at radius 3 is 1.38 bits per heavy atom. The molecule has 61 heavy (non-hydrogen) atoms. The van der Waals surface area contributed by atoms with E-state index in [9.17, 15) is 38.4 Å². The molecule has 3 unspecified atom stereocenters. The second-order valence-corrected chi connectivity index (χ2v) is 15.5. The average molecular weight is 874 g/mol. The molecule has 0 saturated carbocycles. The van der Waals surface area contributed by atoms with Crippen LogP contribution in [0.15, 0.2) is 0 Å². The van der Waals surface area contributed by atoms with Crippen LogP contribution >= 0.6 is 0 Å². The third-order valence-electron chi connectivity index (χ3n) is 8.51. The van der Waals surface area contributed by atoms with E-state index < -0.39 is 71.9 Å². The Kier molecular flexibility index (Phi) is 32.8. The summed E-state index contributed by atoms with van der Waals surface area (Å²) >= 11 is 0. The summed E-state index contributed by atoms with van der Waals surface area (Å²) in [4.78, 5) is 103. The fraction of sp³-hybridized carbons (Fsp3) is 0.814. The molecule has 352 valence electrons. The van der Waals surface area contributed by atoms with Gasteiger partial charge in [-0.2, -0.15) is 0 Å². The number of hydrogen-bond donors (Lipinski definition) is 3. The molecule has 18 nitrogen and oxygen atoms in total. The van der Waals surface area contributed by atoms with Crippen molar-refractivity contribution in [2.75, 3.05) is 52.9 Å². The molecule has 0 saturated heterocycles. The Labute approximate surface area is 362 Å². The predicted molar refractivity (Wildman–Crippen MR) is 224 cm³/mol. The van der Waals surface area contributed by atoms with Gasteiger partial charge >= 0.3 is 29.8 Å². The summed E-state index contributed by atoms with van der Waals surface area (Å²) in [5.41, 5.74) is -0.581. The van der Waals surface area contributed by atoms with Gasteiger partial charge in [0.2, 0.25) is 17.7 Å². The molecule has 3 atom stereocenters. The van der Waals surface area contributed by atoms with Crippen LogP contribution in [0.1, 0.15) is 151 Å². The highest BCUT2D eigenvalue weighted by atomic mass is 16.6. The van der Waals surface area contributed by atoms with Crippen molar-refractivity contribution in [1.29, 1.82) is 0 Å². The molecule has 0 aliphatic carbocycles. The molecule has 0 bridgehead atoms. The zero-order valence-electron chi connectivity index (χ0n) is 37.8. The minimum atomic E-state index is -1.38. The number of carbonyl (C=O) groups excluding carboxylic acids is 8. The Balaban J connectivity index is 5.81. The first-order valence-corrected chi connectivity index (χ1v) is 22.0. The minimum Gasteiger partial charge on any atom is -0.466 e. The van der Waals surface area contributed by atoms with Gasteiger partial charge < -0.3 is 49.1 Å². The number of rotatable bonds is 36. The van der Waals surface area contributed by atoms with Gasteiger partial charge in [0.15, 0.2) is 0 Å². The fourth-order valence-corrected chi connectivity index (χ4v) is 5.08. The third kappa shape index (κ3) is 32.1. The van der Waals surface area contributed by atoms with Gasteiger partial charge in [-0.3, -0.25) is 28.8 Å². The smallest absolute Gasteiger partial charge is 0.328 e. The molecule has 0 fully saturated rings. The summed E-state index contributed by atoms with van der Waals surface area (Å²) in [6, 6.07) is -3.84. The summed E-state index contributed by atoms with van der Waals surface area (Å²) in [5.74, 6) is -5.16. The highest BCUT2D eigenvalue weighted by molar-refractivity contribution is 5.92.